The molecule has 1 unspecified atom stereocenters. The molecule has 2 aromatic rings. The van der Waals surface area contributed by atoms with Crippen LogP contribution in [0.4, 0.5) is 0 Å². The SMILES string of the molecule is COc1ccccc1-c1noc(C)c1C(=O)N1CCN(C)C(C)C1. The number of hydrogen-bond acceptors (Lipinski definition) is 5. The molecule has 0 radical (unpaired) electrons. The van der Waals surface area contributed by atoms with Crippen LogP contribution in [0.25, 0.3) is 11.3 Å². The highest BCUT2D eigenvalue weighted by Crippen LogP contribution is 2.33. The fourth-order valence-electron chi connectivity index (χ4n) is 3.04. The number of rotatable bonds is 3. The zero-order valence-electron chi connectivity index (χ0n) is 14.6. The molecular weight excluding hydrogens is 306 g/mol. The molecule has 24 heavy (non-hydrogen) atoms. The Hall–Kier alpha value is -2.34. The Kier molecular flexibility index (Phi) is 4.57. The van der Waals surface area contributed by atoms with Crippen molar-refractivity contribution in [2.75, 3.05) is 33.8 Å². The Labute approximate surface area is 142 Å². The highest BCUT2D eigenvalue weighted by Gasteiger charge is 2.30. The number of para-hydroxylation sites is 1. The van der Waals surface area contributed by atoms with Crippen LogP contribution in [0, 0.1) is 6.92 Å². The van der Waals surface area contributed by atoms with Crippen molar-refractivity contribution in [3.8, 4) is 17.0 Å². The Morgan fingerprint density at radius 3 is 2.79 bits per heavy atom. The summed E-state index contributed by atoms with van der Waals surface area (Å²) in [7, 11) is 3.69. The van der Waals surface area contributed by atoms with Gasteiger partial charge in [0.25, 0.3) is 5.91 Å². The molecular formula is C18H23N3O3. The summed E-state index contributed by atoms with van der Waals surface area (Å²) in [5.41, 5.74) is 1.83. The van der Waals surface area contributed by atoms with E-state index in [1.165, 1.54) is 0 Å². The molecule has 1 aliphatic rings. The summed E-state index contributed by atoms with van der Waals surface area (Å²) in [6.07, 6.45) is 0. The van der Waals surface area contributed by atoms with Gasteiger partial charge < -0.3 is 19.1 Å². The quantitative estimate of drug-likeness (QED) is 0.865. The van der Waals surface area contributed by atoms with Crippen molar-refractivity contribution in [2.45, 2.75) is 19.9 Å². The van der Waals surface area contributed by atoms with Gasteiger partial charge in [0.1, 0.15) is 22.8 Å². The Morgan fingerprint density at radius 2 is 2.08 bits per heavy atom. The summed E-state index contributed by atoms with van der Waals surface area (Å²) in [5, 5.41) is 4.13. The second-order valence-electron chi connectivity index (χ2n) is 6.24. The number of ether oxygens (including phenoxy) is 1. The van der Waals surface area contributed by atoms with Crippen LogP contribution in [0.1, 0.15) is 23.0 Å². The van der Waals surface area contributed by atoms with E-state index in [1.807, 2.05) is 29.2 Å². The maximum absolute atomic E-state index is 13.1. The third kappa shape index (κ3) is 2.89. The van der Waals surface area contributed by atoms with E-state index < -0.39 is 0 Å². The summed E-state index contributed by atoms with van der Waals surface area (Å²) >= 11 is 0. The lowest BCUT2D eigenvalue weighted by atomic mass is 10.0. The average Bonchev–Trinajstić information content (AvgIpc) is 2.98. The predicted octanol–water partition coefficient (Wildman–Crippen LogP) is 2.43. The zero-order valence-corrected chi connectivity index (χ0v) is 14.6. The van der Waals surface area contributed by atoms with Gasteiger partial charge in [-0.15, -0.1) is 0 Å². The lowest BCUT2D eigenvalue weighted by Gasteiger charge is -2.37. The van der Waals surface area contributed by atoms with Gasteiger partial charge in [-0.1, -0.05) is 17.3 Å². The van der Waals surface area contributed by atoms with Gasteiger partial charge in [0.05, 0.1) is 7.11 Å². The van der Waals surface area contributed by atoms with Crippen LogP contribution < -0.4 is 4.74 Å². The zero-order chi connectivity index (χ0) is 17.3. The van der Waals surface area contributed by atoms with Gasteiger partial charge in [-0.2, -0.15) is 0 Å². The second kappa shape index (κ2) is 6.65. The number of amides is 1. The largest absolute Gasteiger partial charge is 0.496 e. The summed E-state index contributed by atoms with van der Waals surface area (Å²) in [6, 6.07) is 7.86. The van der Waals surface area contributed by atoms with Gasteiger partial charge in [0, 0.05) is 31.2 Å². The Morgan fingerprint density at radius 1 is 1.33 bits per heavy atom. The normalized spacial score (nSPS) is 18.7. The summed E-state index contributed by atoms with van der Waals surface area (Å²) < 4.78 is 10.8. The van der Waals surface area contributed by atoms with Gasteiger partial charge in [-0.25, -0.2) is 0 Å². The molecule has 2 heterocycles. The molecule has 0 bridgehead atoms. The van der Waals surface area contributed by atoms with E-state index in [0.29, 0.717) is 41.9 Å². The molecule has 1 amide bonds. The minimum atomic E-state index is -0.0328. The highest BCUT2D eigenvalue weighted by molar-refractivity contribution is 6.01. The fourth-order valence-corrected chi connectivity index (χ4v) is 3.04. The molecule has 1 atom stereocenters. The number of hydrogen-bond donors (Lipinski definition) is 0. The first-order valence-electron chi connectivity index (χ1n) is 8.12. The maximum Gasteiger partial charge on any atom is 0.259 e. The topological polar surface area (TPSA) is 58.8 Å². The molecule has 6 nitrogen and oxygen atoms in total. The molecule has 6 heteroatoms. The molecule has 0 saturated carbocycles. The molecule has 0 spiro atoms. The predicted molar refractivity (Wildman–Crippen MR) is 91.2 cm³/mol. The second-order valence-corrected chi connectivity index (χ2v) is 6.24. The number of aromatic nitrogens is 1. The van der Waals surface area contributed by atoms with Crippen molar-refractivity contribution >= 4 is 5.91 Å². The summed E-state index contributed by atoms with van der Waals surface area (Å²) in [5.74, 6) is 1.17. The van der Waals surface area contributed by atoms with E-state index in [2.05, 4.69) is 24.0 Å². The van der Waals surface area contributed by atoms with Gasteiger partial charge >= 0.3 is 0 Å². The minimum Gasteiger partial charge on any atom is -0.496 e. The van der Waals surface area contributed by atoms with E-state index in [0.717, 1.165) is 12.1 Å². The van der Waals surface area contributed by atoms with E-state index in [4.69, 9.17) is 9.26 Å². The van der Waals surface area contributed by atoms with Crippen molar-refractivity contribution in [1.82, 2.24) is 15.0 Å². The van der Waals surface area contributed by atoms with Crippen LogP contribution in [-0.4, -0.2) is 60.7 Å². The van der Waals surface area contributed by atoms with Crippen LogP contribution in [-0.2, 0) is 0 Å². The van der Waals surface area contributed by atoms with Crippen molar-refractivity contribution in [3.05, 3.63) is 35.6 Å². The van der Waals surface area contributed by atoms with E-state index >= 15 is 0 Å². The minimum absolute atomic E-state index is 0.0328. The molecule has 0 N–H and O–H groups in total. The van der Waals surface area contributed by atoms with Gasteiger partial charge in [0.15, 0.2) is 0 Å². The molecule has 1 fully saturated rings. The highest BCUT2D eigenvalue weighted by atomic mass is 16.5. The summed E-state index contributed by atoms with van der Waals surface area (Å²) in [6.45, 7) is 6.17. The standard InChI is InChI=1S/C18H23N3O3/c1-12-11-21(10-9-20(12)3)18(22)16-13(2)24-19-17(16)14-7-5-6-8-15(14)23-4/h5-8,12H,9-11H2,1-4H3. The number of aryl methyl sites for hydroxylation is 1. The van der Waals surface area contributed by atoms with Crippen LogP contribution in [0.15, 0.2) is 28.8 Å². The first-order chi connectivity index (χ1) is 11.5. The van der Waals surface area contributed by atoms with Crippen LogP contribution in [0.2, 0.25) is 0 Å². The molecule has 0 aliphatic carbocycles. The fraction of sp³-hybridized carbons (Fsp3) is 0.444. The number of carbonyl (C=O) groups excluding carboxylic acids is 1. The van der Waals surface area contributed by atoms with E-state index in [9.17, 15) is 4.79 Å². The number of likely N-dealkylation sites (N-methyl/N-ethyl adjacent to an activating group) is 1. The number of carbonyl (C=O) groups is 1. The lowest BCUT2D eigenvalue weighted by Crippen LogP contribution is -2.52. The van der Waals surface area contributed by atoms with Crippen molar-refractivity contribution in [2.24, 2.45) is 0 Å². The van der Waals surface area contributed by atoms with Gasteiger partial charge in [0.2, 0.25) is 0 Å². The average molecular weight is 329 g/mol. The number of methoxy groups -OCH3 is 1. The third-order valence-corrected chi connectivity index (χ3v) is 4.69. The summed E-state index contributed by atoms with van der Waals surface area (Å²) in [4.78, 5) is 17.2. The first-order valence-corrected chi connectivity index (χ1v) is 8.12. The molecule has 3 rings (SSSR count). The number of piperazine rings is 1. The van der Waals surface area contributed by atoms with E-state index in [-0.39, 0.29) is 5.91 Å². The maximum atomic E-state index is 13.1. The van der Waals surface area contributed by atoms with Crippen LogP contribution >= 0.6 is 0 Å². The van der Waals surface area contributed by atoms with E-state index in [1.54, 1.807) is 14.0 Å². The number of benzene rings is 1. The Bertz CT molecular complexity index is 741. The molecule has 1 aliphatic heterocycles. The first kappa shape index (κ1) is 16.5. The van der Waals surface area contributed by atoms with Crippen molar-refractivity contribution < 1.29 is 14.1 Å². The number of nitrogens with zero attached hydrogens (tertiary/aromatic N) is 3. The van der Waals surface area contributed by atoms with Gasteiger partial charge in [-0.05, 0) is 33.0 Å². The van der Waals surface area contributed by atoms with Crippen LogP contribution in [0.3, 0.4) is 0 Å². The molecule has 1 aromatic carbocycles. The molecule has 1 aromatic heterocycles. The lowest BCUT2D eigenvalue weighted by molar-refractivity contribution is 0.0571. The third-order valence-electron chi connectivity index (χ3n) is 4.69. The van der Waals surface area contributed by atoms with Crippen molar-refractivity contribution in [1.29, 1.82) is 0 Å². The smallest absolute Gasteiger partial charge is 0.259 e. The van der Waals surface area contributed by atoms with Crippen molar-refractivity contribution in [3.63, 3.8) is 0 Å². The van der Waals surface area contributed by atoms with Crippen LogP contribution in [0.5, 0.6) is 5.75 Å². The van der Waals surface area contributed by atoms with Gasteiger partial charge in [-0.3, -0.25) is 4.79 Å². The molecule has 1 saturated heterocycles. The monoisotopic (exact) mass is 329 g/mol. The Balaban J connectivity index is 1.97. The molecule has 128 valence electrons.